The zero-order valence-corrected chi connectivity index (χ0v) is 34.1. The van der Waals surface area contributed by atoms with Crippen LogP contribution in [-0.4, -0.2) is 55.8 Å². The minimum atomic E-state index is -1.08. The first-order chi connectivity index (χ1) is 26.2. The second-order valence-corrected chi connectivity index (χ2v) is 16.3. The predicted molar refractivity (Wildman–Crippen MR) is 217 cm³/mol. The summed E-state index contributed by atoms with van der Waals surface area (Å²) in [5.41, 5.74) is 9.65. The molecule has 3 aliphatic rings. The summed E-state index contributed by atoms with van der Waals surface area (Å²) in [7, 11) is 1.32. The van der Waals surface area contributed by atoms with Crippen molar-refractivity contribution < 1.29 is 29.3 Å². The fourth-order valence-electron chi connectivity index (χ4n) is 8.88. The van der Waals surface area contributed by atoms with Gasteiger partial charge in [0.1, 0.15) is 18.3 Å². The van der Waals surface area contributed by atoms with Crippen molar-refractivity contribution in [2.24, 2.45) is 5.92 Å². The molecule has 0 unspecified atom stereocenters. The molecule has 4 N–H and O–H groups in total. The Labute approximate surface area is 323 Å². The largest absolute Gasteiger partial charge is 0.512 e. The molecule has 3 aromatic rings. The van der Waals surface area contributed by atoms with Crippen LogP contribution >= 0.6 is 0 Å². The number of nitrogens with one attached hydrogen (secondary N) is 2. The van der Waals surface area contributed by atoms with Crippen molar-refractivity contribution in [2.45, 2.75) is 130 Å². The quantitative estimate of drug-likeness (QED) is 0.112. The molecule has 6 rings (SSSR count). The number of aromatic amines is 2. The third-order valence-corrected chi connectivity index (χ3v) is 12.2. The first-order valence-electron chi connectivity index (χ1n) is 19.9. The van der Waals surface area contributed by atoms with Crippen LogP contribution in [0, 0.1) is 19.8 Å². The Morgan fingerprint density at radius 1 is 0.927 bits per heavy atom. The fraction of sp³-hybridized carbons (Fsp3) is 0.511. The van der Waals surface area contributed by atoms with Gasteiger partial charge in [-0.15, -0.1) is 0 Å². The lowest BCUT2D eigenvalue weighted by atomic mass is 9.84. The summed E-state index contributed by atoms with van der Waals surface area (Å²) in [5, 5.41) is 24.1. The predicted octanol–water partition coefficient (Wildman–Crippen LogP) is 8.83. The summed E-state index contributed by atoms with van der Waals surface area (Å²) in [5.74, 6) is -1.36. The number of esters is 2. The standard InChI is InChI=1S/C45H58N4O6/c1-11-29-24(5)31-21-36-38(28(9)50)26(7)33(47-36)19-32-25(6)30(15-16-37(51)55-18-17-23(4)14-12-13-22(2)3)42(48-32)40-41(45(53)54-10)44(52)39-27(8)34(49-43(39)40)20-35(29)46-31/h17,19-22,24-25,29-30,41,47,49-50,52H,11-16,18H2,1-10H3/b23-17-,32-19?,35-20?,36-21?,38-28?/t24-,25+,29-,30+,41-/m1/s1. The van der Waals surface area contributed by atoms with Gasteiger partial charge in [0.25, 0.3) is 0 Å². The highest BCUT2D eigenvalue weighted by molar-refractivity contribution is 5.96. The van der Waals surface area contributed by atoms with Crippen LogP contribution in [0.2, 0.25) is 0 Å². The normalized spacial score (nSPS) is 21.3. The summed E-state index contributed by atoms with van der Waals surface area (Å²) in [4.78, 5) is 44.3. The number of methoxy groups -OCH3 is 1. The molecule has 8 bridgehead atoms. The highest BCUT2D eigenvalue weighted by atomic mass is 16.5. The topological polar surface area (TPSA) is 150 Å². The Balaban J connectivity index is 1.54. The lowest BCUT2D eigenvalue weighted by Crippen LogP contribution is -2.18. The molecule has 0 saturated heterocycles. The van der Waals surface area contributed by atoms with Gasteiger partial charge in [0.05, 0.1) is 29.6 Å². The van der Waals surface area contributed by atoms with Crippen LogP contribution in [0.1, 0.15) is 156 Å². The van der Waals surface area contributed by atoms with Crippen LogP contribution in [0.25, 0.3) is 33.6 Å². The van der Waals surface area contributed by atoms with Gasteiger partial charge in [0.15, 0.2) is 0 Å². The van der Waals surface area contributed by atoms with E-state index in [1.807, 2.05) is 32.1 Å². The van der Waals surface area contributed by atoms with E-state index in [0.717, 1.165) is 75.7 Å². The van der Waals surface area contributed by atoms with Gasteiger partial charge in [0, 0.05) is 74.2 Å². The van der Waals surface area contributed by atoms with Gasteiger partial charge in [-0.2, -0.15) is 0 Å². The Kier molecular flexibility index (Phi) is 11.6. The Morgan fingerprint density at radius 3 is 2.25 bits per heavy atom. The first-order valence-corrected chi connectivity index (χ1v) is 19.9. The number of nitrogens with zero attached hydrogens (tertiary/aromatic N) is 2. The van der Waals surface area contributed by atoms with Crippen LogP contribution in [0.5, 0.6) is 0 Å². The maximum Gasteiger partial charge on any atom is 0.321 e. The lowest BCUT2D eigenvalue weighted by molar-refractivity contribution is -0.143. The molecule has 0 spiro atoms. The van der Waals surface area contributed by atoms with Crippen molar-refractivity contribution in [3.05, 3.63) is 79.8 Å². The van der Waals surface area contributed by atoms with Gasteiger partial charge in [-0.05, 0) is 94.7 Å². The molecule has 5 heterocycles. The van der Waals surface area contributed by atoms with E-state index in [2.05, 4.69) is 57.6 Å². The van der Waals surface area contributed by atoms with Crippen LogP contribution < -0.4 is 10.4 Å². The Morgan fingerprint density at radius 2 is 1.58 bits per heavy atom. The number of carbonyl (C=O) groups is 2. The second kappa shape index (κ2) is 16.1. The van der Waals surface area contributed by atoms with E-state index in [4.69, 9.17) is 19.4 Å². The van der Waals surface area contributed by atoms with Crippen LogP contribution in [0.15, 0.2) is 29.8 Å². The minimum absolute atomic E-state index is 0.0781. The van der Waals surface area contributed by atoms with Gasteiger partial charge in [-0.25, -0.2) is 0 Å². The minimum Gasteiger partial charge on any atom is -0.512 e. The van der Waals surface area contributed by atoms with E-state index in [0.29, 0.717) is 34.3 Å². The number of aryl methyl sites for hydroxylation is 2. The van der Waals surface area contributed by atoms with Gasteiger partial charge >= 0.3 is 11.9 Å². The van der Waals surface area contributed by atoms with Gasteiger partial charge in [-0.1, -0.05) is 46.6 Å². The molecule has 5 atom stereocenters. The van der Waals surface area contributed by atoms with Crippen LogP contribution in [0.4, 0.5) is 0 Å². The maximum atomic E-state index is 13.6. The average Bonchev–Trinajstić information content (AvgIpc) is 3.87. The third-order valence-electron chi connectivity index (χ3n) is 12.2. The zero-order chi connectivity index (χ0) is 39.9. The smallest absolute Gasteiger partial charge is 0.321 e. The third kappa shape index (κ3) is 7.57. The van der Waals surface area contributed by atoms with E-state index in [-0.39, 0.29) is 54.2 Å². The molecular weight excluding hydrogens is 693 g/mol. The highest BCUT2D eigenvalue weighted by Gasteiger charge is 2.41. The Bertz CT molecular complexity index is 2330. The van der Waals surface area contributed by atoms with Crippen molar-refractivity contribution in [3.63, 3.8) is 0 Å². The second-order valence-electron chi connectivity index (χ2n) is 16.3. The summed E-state index contributed by atoms with van der Waals surface area (Å²) < 4.78 is 11.0. The molecule has 1 aliphatic carbocycles. The molecule has 3 aromatic heterocycles. The number of rotatable bonds is 11. The molecular formula is C45H58N4O6. The van der Waals surface area contributed by atoms with Crippen molar-refractivity contribution in [2.75, 3.05) is 13.7 Å². The maximum absolute atomic E-state index is 13.6. The molecule has 2 aliphatic heterocycles. The van der Waals surface area contributed by atoms with E-state index >= 15 is 0 Å². The van der Waals surface area contributed by atoms with E-state index in [1.54, 1.807) is 6.92 Å². The number of aliphatic hydroxyl groups excluding tert-OH is 2. The van der Waals surface area contributed by atoms with Crippen molar-refractivity contribution in [1.82, 2.24) is 19.9 Å². The summed E-state index contributed by atoms with van der Waals surface area (Å²) >= 11 is 0. The Hall–Kier alpha value is -4.86. The number of ether oxygens (including phenoxy) is 2. The number of carbonyl (C=O) groups excluding carboxylic acids is 2. The van der Waals surface area contributed by atoms with Crippen molar-refractivity contribution in [1.29, 1.82) is 0 Å². The van der Waals surface area contributed by atoms with Crippen molar-refractivity contribution in [3.8, 4) is 0 Å². The monoisotopic (exact) mass is 750 g/mol. The number of fused-ring (bicyclic) bond motifs is 8. The van der Waals surface area contributed by atoms with Gasteiger partial charge < -0.3 is 29.7 Å². The molecule has 294 valence electrons. The summed E-state index contributed by atoms with van der Waals surface area (Å²) in [6, 6.07) is 6.10. The fourth-order valence-corrected chi connectivity index (χ4v) is 8.88. The highest BCUT2D eigenvalue weighted by Crippen LogP contribution is 2.46. The summed E-state index contributed by atoms with van der Waals surface area (Å²) in [6.07, 6.45) is 6.69. The number of hydrogen-bond acceptors (Lipinski definition) is 8. The van der Waals surface area contributed by atoms with E-state index < -0.39 is 11.9 Å². The van der Waals surface area contributed by atoms with E-state index in [9.17, 15) is 19.8 Å². The average molecular weight is 751 g/mol. The SMILES string of the molecule is CC[C@H]1c2cc3[nH]c4c(c5nc(cc6[nH]c(cc(n2)[C@@H]1C)c(=C(C)O)c6C)[C@@H](C)[C@@H]5CCC(=O)OC/C=C(/C)CCCC(C)C)[C@@H](C(=O)OC)C(O)=c4c3C. The molecule has 0 radical (unpaired) electrons. The van der Waals surface area contributed by atoms with Crippen LogP contribution in [-0.2, 0) is 19.1 Å². The number of aromatic nitrogens is 4. The molecule has 0 amide bonds. The number of H-pyrrole nitrogens is 2. The molecule has 10 heteroatoms. The summed E-state index contributed by atoms with van der Waals surface area (Å²) in [6.45, 7) is 18.8. The molecule has 0 saturated carbocycles. The first kappa shape index (κ1) is 39.8. The number of allylic oxidation sites excluding steroid dienone is 1. The zero-order valence-electron chi connectivity index (χ0n) is 34.1. The van der Waals surface area contributed by atoms with Crippen molar-refractivity contribution >= 4 is 45.5 Å². The van der Waals surface area contributed by atoms with Crippen LogP contribution in [0.3, 0.4) is 0 Å². The molecule has 10 nitrogen and oxygen atoms in total. The molecule has 0 fully saturated rings. The lowest BCUT2D eigenvalue weighted by Gasteiger charge is -2.19. The number of aliphatic hydroxyl groups is 2. The molecule has 0 aromatic carbocycles. The van der Waals surface area contributed by atoms with E-state index in [1.165, 1.54) is 12.7 Å². The number of hydrogen-bond donors (Lipinski definition) is 4. The van der Waals surface area contributed by atoms with Gasteiger partial charge in [0.2, 0.25) is 0 Å². The molecule has 55 heavy (non-hydrogen) atoms. The van der Waals surface area contributed by atoms with Gasteiger partial charge in [-0.3, -0.25) is 19.6 Å².